The van der Waals surface area contributed by atoms with Crippen LogP contribution in [0.25, 0.3) is 5.57 Å². The Bertz CT molecular complexity index is 348. The van der Waals surface area contributed by atoms with Crippen molar-refractivity contribution in [3.8, 4) is 0 Å². The van der Waals surface area contributed by atoms with Crippen molar-refractivity contribution in [1.82, 2.24) is 9.80 Å². The summed E-state index contributed by atoms with van der Waals surface area (Å²) in [4.78, 5) is 4.29. The normalized spacial score (nSPS) is 12.0. The molecule has 0 heterocycles. The number of likely N-dealkylation sites (N-methyl/N-ethyl adjacent to an activating group) is 1. The highest BCUT2D eigenvalue weighted by molar-refractivity contribution is 5.66. The largest absolute Gasteiger partial charge is 0.383 e. The van der Waals surface area contributed by atoms with E-state index in [0.29, 0.717) is 0 Å². The summed E-state index contributed by atoms with van der Waals surface area (Å²) < 4.78 is 0. The van der Waals surface area contributed by atoms with Crippen LogP contribution in [0.15, 0.2) is 30.5 Å². The number of hydrogen-bond acceptors (Lipinski definition) is 2. The van der Waals surface area contributed by atoms with Gasteiger partial charge in [0.05, 0.1) is 0 Å². The second-order valence-electron chi connectivity index (χ2n) is 4.72. The van der Waals surface area contributed by atoms with Gasteiger partial charge in [0.2, 0.25) is 0 Å². The summed E-state index contributed by atoms with van der Waals surface area (Å²) in [5.74, 6) is 0. The first-order valence-electron chi connectivity index (χ1n) is 5.58. The summed E-state index contributed by atoms with van der Waals surface area (Å²) >= 11 is 0. The van der Waals surface area contributed by atoms with Gasteiger partial charge >= 0.3 is 0 Å². The SMILES string of the molecule is Cc1ccc(/C(=C\N(C)C)CN(C)C)cc1. The third-order valence-corrected chi connectivity index (χ3v) is 2.32. The molecule has 0 saturated carbocycles. The molecular formula is C14H22N2. The predicted octanol–water partition coefficient (Wildman–Crippen LogP) is 2.46. The highest BCUT2D eigenvalue weighted by Gasteiger charge is 2.03. The van der Waals surface area contributed by atoms with Crippen LogP contribution >= 0.6 is 0 Å². The molecule has 1 aromatic carbocycles. The Morgan fingerprint density at radius 2 is 1.62 bits per heavy atom. The summed E-state index contributed by atoms with van der Waals surface area (Å²) in [5, 5.41) is 0. The summed E-state index contributed by atoms with van der Waals surface area (Å²) in [6, 6.07) is 8.70. The molecule has 0 fully saturated rings. The van der Waals surface area contributed by atoms with Crippen molar-refractivity contribution in [2.75, 3.05) is 34.7 Å². The number of rotatable bonds is 4. The molecule has 0 aromatic heterocycles. The van der Waals surface area contributed by atoms with Crippen molar-refractivity contribution < 1.29 is 0 Å². The smallest absolute Gasteiger partial charge is 0.0247 e. The van der Waals surface area contributed by atoms with E-state index in [9.17, 15) is 0 Å². The van der Waals surface area contributed by atoms with E-state index in [-0.39, 0.29) is 0 Å². The number of aryl methyl sites for hydroxylation is 1. The molecule has 0 radical (unpaired) electrons. The van der Waals surface area contributed by atoms with E-state index in [1.807, 2.05) is 0 Å². The summed E-state index contributed by atoms with van der Waals surface area (Å²) in [6.07, 6.45) is 2.19. The molecule has 0 atom stereocenters. The molecule has 0 saturated heterocycles. The fourth-order valence-corrected chi connectivity index (χ4v) is 1.63. The van der Waals surface area contributed by atoms with E-state index in [1.165, 1.54) is 16.7 Å². The lowest BCUT2D eigenvalue weighted by Gasteiger charge is -2.16. The van der Waals surface area contributed by atoms with Gasteiger partial charge < -0.3 is 9.80 Å². The molecule has 0 aliphatic rings. The average molecular weight is 218 g/mol. The first-order valence-corrected chi connectivity index (χ1v) is 5.58. The second-order valence-corrected chi connectivity index (χ2v) is 4.72. The van der Waals surface area contributed by atoms with Crippen molar-refractivity contribution in [3.63, 3.8) is 0 Å². The Morgan fingerprint density at radius 1 is 1.06 bits per heavy atom. The van der Waals surface area contributed by atoms with Gasteiger partial charge in [0.25, 0.3) is 0 Å². The van der Waals surface area contributed by atoms with E-state index in [2.05, 4.69) is 75.4 Å². The fourth-order valence-electron chi connectivity index (χ4n) is 1.63. The minimum absolute atomic E-state index is 0.960. The Morgan fingerprint density at radius 3 is 2.06 bits per heavy atom. The zero-order chi connectivity index (χ0) is 12.1. The van der Waals surface area contributed by atoms with Crippen LogP contribution in [-0.2, 0) is 0 Å². The van der Waals surface area contributed by atoms with Crippen LogP contribution in [0.4, 0.5) is 0 Å². The molecule has 16 heavy (non-hydrogen) atoms. The van der Waals surface area contributed by atoms with Gasteiger partial charge in [-0.25, -0.2) is 0 Å². The van der Waals surface area contributed by atoms with Gasteiger partial charge in [-0.15, -0.1) is 0 Å². The van der Waals surface area contributed by atoms with Gasteiger partial charge in [-0.05, 0) is 32.2 Å². The molecule has 88 valence electrons. The van der Waals surface area contributed by atoms with Crippen molar-refractivity contribution in [3.05, 3.63) is 41.6 Å². The van der Waals surface area contributed by atoms with E-state index < -0.39 is 0 Å². The molecular weight excluding hydrogens is 196 g/mol. The highest BCUT2D eigenvalue weighted by atomic mass is 15.1. The van der Waals surface area contributed by atoms with Crippen LogP contribution in [0.1, 0.15) is 11.1 Å². The van der Waals surface area contributed by atoms with Crippen LogP contribution in [0.2, 0.25) is 0 Å². The second kappa shape index (κ2) is 5.71. The molecule has 1 rings (SSSR count). The quantitative estimate of drug-likeness (QED) is 0.766. The van der Waals surface area contributed by atoms with Crippen LogP contribution < -0.4 is 0 Å². The molecule has 2 heteroatoms. The van der Waals surface area contributed by atoms with Crippen molar-refractivity contribution in [1.29, 1.82) is 0 Å². The Balaban J connectivity index is 2.96. The number of nitrogens with zero attached hydrogens (tertiary/aromatic N) is 2. The van der Waals surface area contributed by atoms with Crippen LogP contribution in [-0.4, -0.2) is 44.5 Å². The molecule has 0 spiro atoms. The van der Waals surface area contributed by atoms with Crippen molar-refractivity contribution >= 4 is 5.57 Å². The van der Waals surface area contributed by atoms with Crippen LogP contribution in [0, 0.1) is 6.92 Å². The van der Waals surface area contributed by atoms with Gasteiger partial charge in [0.15, 0.2) is 0 Å². The Kier molecular flexibility index (Phi) is 4.56. The van der Waals surface area contributed by atoms with E-state index in [0.717, 1.165) is 6.54 Å². The van der Waals surface area contributed by atoms with Crippen molar-refractivity contribution in [2.24, 2.45) is 0 Å². The summed E-state index contributed by atoms with van der Waals surface area (Å²) in [6.45, 7) is 3.08. The average Bonchev–Trinajstić information content (AvgIpc) is 2.16. The molecule has 0 N–H and O–H groups in total. The topological polar surface area (TPSA) is 6.48 Å². The first-order chi connectivity index (χ1) is 7.49. The third-order valence-electron chi connectivity index (χ3n) is 2.32. The predicted molar refractivity (Wildman–Crippen MR) is 71.4 cm³/mol. The van der Waals surface area contributed by atoms with Crippen LogP contribution in [0.3, 0.4) is 0 Å². The first kappa shape index (κ1) is 12.8. The van der Waals surface area contributed by atoms with Gasteiger partial charge in [0.1, 0.15) is 0 Å². The highest BCUT2D eigenvalue weighted by Crippen LogP contribution is 2.16. The Labute approximate surface area is 99.2 Å². The maximum absolute atomic E-state index is 2.19. The lowest BCUT2D eigenvalue weighted by molar-refractivity contribution is 0.459. The Hall–Kier alpha value is -1.28. The fraction of sp³-hybridized carbons (Fsp3) is 0.429. The molecule has 0 amide bonds. The van der Waals surface area contributed by atoms with E-state index in [4.69, 9.17) is 0 Å². The van der Waals surface area contributed by atoms with Gasteiger partial charge in [-0.2, -0.15) is 0 Å². The van der Waals surface area contributed by atoms with Crippen molar-refractivity contribution in [2.45, 2.75) is 6.92 Å². The summed E-state index contributed by atoms with van der Waals surface area (Å²) in [5.41, 5.74) is 3.95. The minimum atomic E-state index is 0.960. The van der Waals surface area contributed by atoms with Gasteiger partial charge in [0, 0.05) is 26.8 Å². The lowest BCUT2D eigenvalue weighted by Crippen LogP contribution is -2.16. The molecule has 0 unspecified atom stereocenters. The van der Waals surface area contributed by atoms with E-state index >= 15 is 0 Å². The molecule has 2 nitrogen and oxygen atoms in total. The lowest BCUT2D eigenvalue weighted by atomic mass is 10.0. The number of hydrogen-bond donors (Lipinski definition) is 0. The standard InChI is InChI=1S/C14H22N2/c1-12-6-8-13(9-7-12)14(10-15(2)3)11-16(4)5/h6-10H,11H2,1-5H3/b14-10-. The monoisotopic (exact) mass is 218 g/mol. The van der Waals surface area contributed by atoms with Crippen LogP contribution in [0.5, 0.6) is 0 Å². The van der Waals surface area contributed by atoms with Gasteiger partial charge in [-0.1, -0.05) is 29.8 Å². The third kappa shape index (κ3) is 4.07. The minimum Gasteiger partial charge on any atom is -0.383 e. The maximum atomic E-state index is 2.19. The van der Waals surface area contributed by atoms with Gasteiger partial charge in [-0.3, -0.25) is 0 Å². The molecule has 0 aliphatic carbocycles. The zero-order valence-corrected chi connectivity index (χ0v) is 11.0. The number of benzene rings is 1. The molecule has 0 bridgehead atoms. The molecule has 0 aliphatic heterocycles. The van der Waals surface area contributed by atoms with E-state index in [1.54, 1.807) is 0 Å². The zero-order valence-electron chi connectivity index (χ0n) is 11.0. The summed E-state index contributed by atoms with van der Waals surface area (Å²) in [7, 11) is 8.31. The molecule has 1 aromatic rings. The maximum Gasteiger partial charge on any atom is 0.0247 e.